The molecule has 0 rings (SSSR count). The zero-order valence-electron chi connectivity index (χ0n) is 8.28. The topological polar surface area (TPSA) is 31.5 Å². The van der Waals surface area contributed by atoms with Crippen molar-refractivity contribution in [1.82, 2.24) is 0 Å². The van der Waals surface area contributed by atoms with Crippen LogP contribution in [-0.2, 0) is 0 Å². The highest BCUT2D eigenvalue weighted by Gasteiger charge is 1.99. The number of hydrogen-bond donors (Lipinski definition) is 0. The van der Waals surface area contributed by atoms with E-state index in [1.54, 1.807) is 0 Å². The lowest BCUT2D eigenvalue weighted by atomic mass is 10.1. The summed E-state index contributed by atoms with van der Waals surface area (Å²) in [6.07, 6.45) is 3.04. The molecule has 0 aromatic rings. The summed E-state index contributed by atoms with van der Waals surface area (Å²) < 4.78 is 12.3. The number of alkyl halides is 1. The molecule has 0 aliphatic heterocycles. The summed E-state index contributed by atoms with van der Waals surface area (Å²) in [5.41, 5.74) is 0. The molecule has 11 heavy (non-hydrogen) atoms. The van der Waals surface area contributed by atoms with Crippen LogP contribution in [0.15, 0.2) is 0 Å². The lowest BCUT2D eigenvalue weighted by Crippen LogP contribution is -1.95. The molecule has 0 aromatic carbocycles. The lowest BCUT2D eigenvalue weighted by Gasteiger charge is -2.00. The molecule has 0 radical (unpaired) electrons. The maximum atomic E-state index is 12.3. The second-order valence-electron chi connectivity index (χ2n) is 2.15. The summed E-state index contributed by atoms with van der Waals surface area (Å²) in [5, 5.41) is 0. The Morgan fingerprint density at radius 2 is 1.64 bits per heavy atom. The van der Waals surface area contributed by atoms with E-state index in [-0.39, 0.29) is 5.48 Å². The highest BCUT2D eigenvalue weighted by atomic mass is 19.1. The summed E-state index contributed by atoms with van der Waals surface area (Å²) in [4.78, 5) is 0. The molecular weight excluding hydrogens is 143 g/mol. The monoisotopic (exact) mass is 166 g/mol. The Morgan fingerprint density at radius 3 is 1.91 bits per heavy atom. The van der Waals surface area contributed by atoms with Gasteiger partial charge in [-0.15, -0.1) is 0 Å². The minimum Gasteiger partial charge on any atom is -0.412 e. The van der Waals surface area contributed by atoms with Gasteiger partial charge in [-0.25, -0.2) is 4.39 Å². The van der Waals surface area contributed by atoms with E-state index >= 15 is 0 Å². The highest BCUT2D eigenvalue weighted by molar-refractivity contribution is 4.50. The van der Waals surface area contributed by atoms with Gasteiger partial charge in [0.1, 0.15) is 0 Å². The first-order valence-electron chi connectivity index (χ1n) is 4.45. The van der Waals surface area contributed by atoms with Gasteiger partial charge in [-0.2, -0.15) is 0 Å². The summed E-state index contributed by atoms with van der Waals surface area (Å²) in [6, 6.07) is 0. The molecule has 2 N–H and O–H groups in total. The Bertz CT molecular complexity index is 48.8. The zero-order valence-corrected chi connectivity index (χ0v) is 8.28. The van der Waals surface area contributed by atoms with Gasteiger partial charge in [0.15, 0.2) is 0 Å². The van der Waals surface area contributed by atoms with Crippen LogP contribution >= 0.6 is 0 Å². The van der Waals surface area contributed by atoms with Gasteiger partial charge in [0.05, 0.1) is 6.17 Å². The van der Waals surface area contributed by atoms with Crippen molar-refractivity contribution in [3.63, 3.8) is 0 Å². The quantitative estimate of drug-likeness (QED) is 0.614. The second-order valence-corrected chi connectivity index (χ2v) is 2.15. The second kappa shape index (κ2) is 16.5. The highest BCUT2D eigenvalue weighted by Crippen LogP contribution is 2.06. The molecule has 0 saturated heterocycles. The molecule has 0 heterocycles. The van der Waals surface area contributed by atoms with E-state index in [0.29, 0.717) is 6.42 Å². The van der Waals surface area contributed by atoms with Crippen LogP contribution in [0.2, 0.25) is 0 Å². The van der Waals surface area contributed by atoms with E-state index in [0.717, 1.165) is 19.3 Å². The minimum absolute atomic E-state index is 0. The first-order chi connectivity index (χ1) is 4.81. The van der Waals surface area contributed by atoms with Gasteiger partial charge in [-0.05, 0) is 12.8 Å². The van der Waals surface area contributed by atoms with Gasteiger partial charge in [0.25, 0.3) is 0 Å². The largest absolute Gasteiger partial charge is 0.412 e. The van der Waals surface area contributed by atoms with Crippen molar-refractivity contribution in [1.29, 1.82) is 0 Å². The third-order valence-electron chi connectivity index (χ3n) is 1.31. The predicted octanol–water partition coefficient (Wildman–Crippen LogP) is 3.13. The summed E-state index contributed by atoms with van der Waals surface area (Å²) >= 11 is 0. The van der Waals surface area contributed by atoms with E-state index in [9.17, 15) is 4.39 Å². The van der Waals surface area contributed by atoms with Crippen LogP contribution in [0.4, 0.5) is 4.39 Å². The molecule has 2 heteroatoms. The van der Waals surface area contributed by atoms with Crippen molar-refractivity contribution < 1.29 is 9.87 Å². The van der Waals surface area contributed by atoms with Crippen LogP contribution in [0, 0.1) is 0 Å². The number of unbranched alkanes of at least 4 members (excludes halogenated alkanes) is 1. The molecule has 0 amide bonds. The van der Waals surface area contributed by atoms with E-state index in [1.165, 1.54) is 0 Å². The fraction of sp³-hybridized carbons (Fsp3) is 1.00. The Morgan fingerprint density at radius 1 is 1.18 bits per heavy atom. The molecule has 72 valence electrons. The van der Waals surface area contributed by atoms with Crippen LogP contribution in [-0.4, -0.2) is 11.6 Å². The number of halogens is 1. The van der Waals surface area contributed by atoms with Crippen LogP contribution in [0.5, 0.6) is 0 Å². The van der Waals surface area contributed by atoms with E-state index in [4.69, 9.17) is 0 Å². The molecular formula is C9H23FO. The van der Waals surface area contributed by atoms with Gasteiger partial charge in [-0.1, -0.05) is 40.5 Å². The van der Waals surface area contributed by atoms with Crippen molar-refractivity contribution in [2.45, 2.75) is 59.5 Å². The van der Waals surface area contributed by atoms with E-state index in [1.807, 2.05) is 20.8 Å². The molecule has 1 atom stereocenters. The SMILES string of the molecule is CC.CCCCC(F)CC.O. The first kappa shape index (κ1) is 17.1. The Labute approximate surface area is 70.3 Å². The van der Waals surface area contributed by atoms with Crippen molar-refractivity contribution in [2.24, 2.45) is 0 Å². The molecule has 0 aromatic heterocycles. The number of rotatable bonds is 4. The van der Waals surface area contributed by atoms with Crippen molar-refractivity contribution >= 4 is 0 Å². The fourth-order valence-electron chi connectivity index (χ4n) is 0.630. The normalized spacial score (nSPS) is 10.6. The lowest BCUT2D eigenvalue weighted by molar-refractivity contribution is 0.299. The summed E-state index contributed by atoms with van der Waals surface area (Å²) in [6.45, 7) is 7.97. The average molecular weight is 166 g/mol. The number of hydrogen-bond acceptors (Lipinski definition) is 0. The average Bonchev–Trinajstić information content (AvgIpc) is 2.04. The van der Waals surface area contributed by atoms with Crippen molar-refractivity contribution in [3.8, 4) is 0 Å². The van der Waals surface area contributed by atoms with Crippen molar-refractivity contribution in [3.05, 3.63) is 0 Å². The maximum Gasteiger partial charge on any atom is 0.0999 e. The maximum absolute atomic E-state index is 12.3. The molecule has 1 unspecified atom stereocenters. The van der Waals surface area contributed by atoms with E-state index < -0.39 is 6.17 Å². The van der Waals surface area contributed by atoms with Gasteiger partial charge in [0, 0.05) is 0 Å². The van der Waals surface area contributed by atoms with E-state index in [2.05, 4.69) is 6.92 Å². The van der Waals surface area contributed by atoms with Gasteiger partial charge < -0.3 is 5.48 Å². The third-order valence-corrected chi connectivity index (χ3v) is 1.31. The molecule has 0 fully saturated rings. The fourth-order valence-corrected chi connectivity index (χ4v) is 0.630. The van der Waals surface area contributed by atoms with Crippen LogP contribution in [0.1, 0.15) is 53.4 Å². The predicted molar refractivity (Wildman–Crippen MR) is 49.7 cm³/mol. The minimum atomic E-state index is -0.546. The zero-order chi connectivity index (χ0) is 8.41. The molecule has 0 bridgehead atoms. The van der Waals surface area contributed by atoms with Gasteiger partial charge in [-0.3, -0.25) is 0 Å². The molecule has 1 nitrogen and oxygen atoms in total. The molecule has 0 aliphatic rings. The molecule has 0 saturated carbocycles. The summed E-state index contributed by atoms with van der Waals surface area (Å²) in [5.74, 6) is 0. The van der Waals surface area contributed by atoms with Crippen molar-refractivity contribution in [2.75, 3.05) is 0 Å². The molecule has 0 aliphatic carbocycles. The smallest absolute Gasteiger partial charge is 0.0999 e. The van der Waals surface area contributed by atoms with Crippen LogP contribution in [0.25, 0.3) is 0 Å². The Balaban J connectivity index is -0.000000196. The van der Waals surface area contributed by atoms with Gasteiger partial charge >= 0.3 is 0 Å². The Kier molecular flexibility index (Phi) is 25.6. The van der Waals surface area contributed by atoms with Gasteiger partial charge in [0.2, 0.25) is 0 Å². The molecule has 0 spiro atoms. The van der Waals surface area contributed by atoms with Crippen LogP contribution < -0.4 is 0 Å². The first-order valence-corrected chi connectivity index (χ1v) is 4.45. The standard InChI is InChI=1S/C7H15F.C2H6.H2O/c1-3-5-6-7(8)4-2;1-2;/h7H,3-6H2,1-2H3;1-2H3;1H2. The Hall–Kier alpha value is -0.110. The third kappa shape index (κ3) is 17.7. The summed E-state index contributed by atoms with van der Waals surface area (Å²) in [7, 11) is 0. The van der Waals surface area contributed by atoms with Crippen LogP contribution in [0.3, 0.4) is 0 Å².